The second kappa shape index (κ2) is 3.59. The summed E-state index contributed by atoms with van der Waals surface area (Å²) in [5, 5.41) is 19.6. The van der Waals surface area contributed by atoms with E-state index in [1.165, 1.54) is 12.1 Å². The molecule has 86 valence electrons. The van der Waals surface area contributed by atoms with Crippen molar-refractivity contribution in [2.45, 2.75) is 19.4 Å². The second-order valence-corrected chi connectivity index (χ2v) is 4.26. The van der Waals surface area contributed by atoms with E-state index in [-0.39, 0.29) is 5.69 Å². The average Bonchev–Trinajstić information content (AvgIpc) is 2.26. The SMILES string of the molecule is CC1(C)Oc2ccc([N+](=O)[O-])cc2C=C1C#N. The van der Waals surface area contributed by atoms with Crippen molar-refractivity contribution in [1.29, 1.82) is 5.26 Å². The van der Waals surface area contributed by atoms with Crippen molar-refractivity contribution in [3.8, 4) is 11.8 Å². The molecule has 0 spiro atoms. The Morgan fingerprint density at radius 3 is 2.76 bits per heavy atom. The molecule has 0 aliphatic carbocycles. The third-order valence-electron chi connectivity index (χ3n) is 2.64. The first-order chi connectivity index (χ1) is 7.94. The van der Waals surface area contributed by atoms with Crippen molar-refractivity contribution in [1.82, 2.24) is 0 Å². The van der Waals surface area contributed by atoms with Gasteiger partial charge in [0.25, 0.3) is 5.69 Å². The van der Waals surface area contributed by atoms with Gasteiger partial charge in [-0.2, -0.15) is 5.26 Å². The molecule has 0 bridgehead atoms. The van der Waals surface area contributed by atoms with Crippen LogP contribution in [0.25, 0.3) is 6.08 Å². The summed E-state index contributed by atoms with van der Waals surface area (Å²) in [4.78, 5) is 10.2. The van der Waals surface area contributed by atoms with Gasteiger partial charge in [-0.1, -0.05) is 0 Å². The third kappa shape index (κ3) is 1.85. The maximum atomic E-state index is 10.6. The highest BCUT2D eigenvalue weighted by Crippen LogP contribution is 2.36. The van der Waals surface area contributed by atoms with Gasteiger partial charge in [-0.3, -0.25) is 10.1 Å². The van der Waals surface area contributed by atoms with Crippen LogP contribution in [0.1, 0.15) is 19.4 Å². The number of hydrogen-bond acceptors (Lipinski definition) is 4. The van der Waals surface area contributed by atoms with Crippen molar-refractivity contribution >= 4 is 11.8 Å². The van der Waals surface area contributed by atoms with E-state index in [1.807, 2.05) is 0 Å². The zero-order valence-corrected chi connectivity index (χ0v) is 9.43. The zero-order chi connectivity index (χ0) is 12.6. The predicted octanol–water partition coefficient (Wildman–Crippen LogP) is 2.67. The van der Waals surface area contributed by atoms with Gasteiger partial charge in [-0.25, -0.2) is 0 Å². The molecule has 0 saturated heterocycles. The highest BCUT2D eigenvalue weighted by Gasteiger charge is 2.31. The number of ether oxygens (including phenoxy) is 1. The number of rotatable bonds is 1. The Morgan fingerprint density at radius 2 is 2.18 bits per heavy atom. The van der Waals surface area contributed by atoms with Gasteiger partial charge >= 0.3 is 0 Å². The smallest absolute Gasteiger partial charge is 0.270 e. The summed E-state index contributed by atoms with van der Waals surface area (Å²) in [6.45, 7) is 3.57. The summed E-state index contributed by atoms with van der Waals surface area (Å²) in [6.07, 6.45) is 1.63. The molecule has 2 rings (SSSR count). The fraction of sp³-hybridized carbons (Fsp3) is 0.250. The van der Waals surface area contributed by atoms with Crippen LogP contribution in [0.5, 0.6) is 5.75 Å². The molecule has 0 N–H and O–H groups in total. The molecule has 1 heterocycles. The first-order valence-electron chi connectivity index (χ1n) is 5.04. The average molecular weight is 230 g/mol. The molecule has 1 aromatic rings. The van der Waals surface area contributed by atoms with Gasteiger partial charge < -0.3 is 4.74 Å². The van der Waals surface area contributed by atoms with Crippen molar-refractivity contribution in [3.63, 3.8) is 0 Å². The standard InChI is InChI=1S/C12H10N2O3/c1-12(2)9(7-13)5-8-6-10(14(15)16)3-4-11(8)17-12/h3-6H,1-2H3. The molecule has 5 heteroatoms. The normalized spacial score (nSPS) is 16.2. The van der Waals surface area contributed by atoms with Crippen molar-refractivity contribution in [2.24, 2.45) is 0 Å². The van der Waals surface area contributed by atoms with Crippen LogP contribution >= 0.6 is 0 Å². The van der Waals surface area contributed by atoms with E-state index in [2.05, 4.69) is 6.07 Å². The largest absolute Gasteiger partial charge is 0.482 e. The molecule has 0 atom stereocenters. The molecule has 0 saturated carbocycles. The van der Waals surface area contributed by atoms with Gasteiger partial charge in [0.15, 0.2) is 0 Å². The molecule has 0 aromatic heterocycles. The quantitative estimate of drug-likeness (QED) is 0.549. The Kier molecular flexibility index (Phi) is 2.36. The maximum Gasteiger partial charge on any atom is 0.270 e. The van der Waals surface area contributed by atoms with Gasteiger partial charge in [-0.05, 0) is 26.0 Å². The molecule has 1 aliphatic rings. The Balaban J connectivity index is 2.56. The minimum atomic E-state index is -0.697. The van der Waals surface area contributed by atoms with Crippen LogP contribution < -0.4 is 4.74 Å². The number of nitro benzene ring substituents is 1. The first kappa shape index (κ1) is 11.1. The summed E-state index contributed by atoms with van der Waals surface area (Å²) in [6, 6.07) is 6.40. The van der Waals surface area contributed by atoms with E-state index in [0.29, 0.717) is 16.9 Å². The fourth-order valence-electron chi connectivity index (χ4n) is 1.68. The Labute approximate surface area is 98.1 Å². The number of nitro groups is 1. The van der Waals surface area contributed by atoms with Crippen LogP contribution in [-0.2, 0) is 0 Å². The van der Waals surface area contributed by atoms with Crippen LogP contribution in [0.2, 0.25) is 0 Å². The molecule has 0 fully saturated rings. The zero-order valence-electron chi connectivity index (χ0n) is 9.43. The van der Waals surface area contributed by atoms with E-state index < -0.39 is 10.5 Å². The Bertz CT molecular complexity index is 568. The van der Waals surface area contributed by atoms with Crippen LogP contribution in [-0.4, -0.2) is 10.5 Å². The molecule has 5 nitrogen and oxygen atoms in total. The summed E-state index contributed by atoms with van der Waals surface area (Å²) < 4.78 is 5.64. The van der Waals surface area contributed by atoms with Gasteiger partial charge in [0.2, 0.25) is 0 Å². The van der Waals surface area contributed by atoms with Gasteiger partial charge in [0.05, 0.1) is 16.6 Å². The number of non-ortho nitro benzene ring substituents is 1. The molecular formula is C12H10N2O3. The minimum Gasteiger partial charge on any atom is -0.482 e. The molecule has 0 amide bonds. The summed E-state index contributed by atoms with van der Waals surface area (Å²) in [5.41, 5.74) is 0.305. The van der Waals surface area contributed by atoms with E-state index in [0.717, 1.165) is 0 Å². The van der Waals surface area contributed by atoms with Gasteiger partial charge in [0.1, 0.15) is 11.4 Å². The topological polar surface area (TPSA) is 76.2 Å². The lowest BCUT2D eigenvalue weighted by Crippen LogP contribution is -2.32. The number of fused-ring (bicyclic) bond motifs is 1. The second-order valence-electron chi connectivity index (χ2n) is 4.26. The van der Waals surface area contributed by atoms with Crippen molar-refractivity contribution in [2.75, 3.05) is 0 Å². The summed E-state index contributed by atoms with van der Waals surface area (Å²) in [5.74, 6) is 0.555. The first-order valence-corrected chi connectivity index (χ1v) is 5.04. The lowest BCUT2D eigenvalue weighted by atomic mass is 9.93. The molecule has 1 aliphatic heterocycles. The van der Waals surface area contributed by atoms with Crippen molar-refractivity contribution < 1.29 is 9.66 Å². The van der Waals surface area contributed by atoms with Crippen molar-refractivity contribution in [3.05, 3.63) is 39.4 Å². The number of hydrogen-bond donors (Lipinski definition) is 0. The van der Waals surface area contributed by atoms with Crippen LogP contribution in [0, 0.1) is 21.4 Å². The Hall–Kier alpha value is -2.35. The fourth-order valence-corrected chi connectivity index (χ4v) is 1.68. The highest BCUT2D eigenvalue weighted by atomic mass is 16.6. The van der Waals surface area contributed by atoms with E-state index in [4.69, 9.17) is 10.00 Å². The van der Waals surface area contributed by atoms with E-state index in [9.17, 15) is 10.1 Å². The molecular weight excluding hydrogens is 220 g/mol. The van der Waals surface area contributed by atoms with Gasteiger partial charge in [0, 0.05) is 17.7 Å². The highest BCUT2D eigenvalue weighted by molar-refractivity contribution is 5.69. The molecule has 0 unspecified atom stereocenters. The van der Waals surface area contributed by atoms with Gasteiger partial charge in [-0.15, -0.1) is 0 Å². The van der Waals surface area contributed by atoms with E-state index in [1.54, 1.807) is 26.0 Å². The van der Waals surface area contributed by atoms with Crippen LogP contribution in [0.4, 0.5) is 5.69 Å². The number of nitriles is 1. The molecule has 17 heavy (non-hydrogen) atoms. The van der Waals surface area contributed by atoms with Crippen LogP contribution in [0.15, 0.2) is 23.8 Å². The number of benzene rings is 1. The lowest BCUT2D eigenvalue weighted by molar-refractivity contribution is -0.384. The summed E-state index contributed by atoms with van der Waals surface area (Å²) >= 11 is 0. The monoisotopic (exact) mass is 230 g/mol. The predicted molar refractivity (Wildman–Crippen MR) is 61.4 cm³/mol. The summed E-state index contributed by atoms with van der Waals surface area (Å²) in [7, 11) is 0. The lowest BCUT2D eigenvalue weighted by Gasteiger charge is -2.30. The van der Waals surface area contributed by atoms with E-state index >= 15 is 0 Å². The third-order valence-corrected chi connectivity index (χ3v) is 2.64. The number of nitrogens with zero attached hydrogens (tertiary/aromatic N) is 2. The van der Waals surface area contributed by atoms with Crippen LogP contribution in [0.3, 0.4) is 0 Å². The molecule has 1 aromatic carbocycles. The maximum absolute atomic E-state index is 10.6. The minimum absolute atomic E-state index is 0.0133. The molecule has 0 radical (unpaired) electrons. The Morgan fingerprint density at radius 1 is 1.47 bits per heavy atom.